The number of carbonyl (C=O) groups excluding carboxylic acids is 1. The van der Waals surface area contributed by atoms with Gasteiger partial charge >= 0.3 is 0 Å². The standard InChI is InChI=1S/C14H17BrClNO3/c1-17(9-14(19)4-6-20-7-5-14)13(18)10-2-3-11(15)12(16)8-10/h2-3,8,19H,4-7,9H2,1H3. The molecule has 1 N–H and O–H groups in total. The predicted molar refractivity (Wildman–Crippen MR) is 81.1 cm³/mol. The van der Waals surface area contributed by atoms with Crippen LogP contribution in [0.5, 0.6) is 0 Å². The summed E-state index contributed by atoms with van der Waals surface area (Å²) in [6, 6.07) is 5.08. The van der Waals surface area contributed by atoms with Crippen LogP contribution in [0, 0.1) is 0 Å². The Balaban J connectivity index is 2.06. The fourth-order valence-corrected chi connectivity index (χ4v) is 2.70. The molecule has 0 atom stereocenters. The van der Waals surface area contributed by atoms with E-state index in [1.54, 1.807) is 25.2 Å². The van der Waals surface area contributed by atoms with Crippen LogP contribution in [0.15, 0.2) is 22.7 Å². The molecule has 110 valence electrons. The van der Waals surface area contributed by atoms with Gasteiger partial charge in [0.1, 0.15) is 0 Å². The number of ether oxygens (including phenoxy) is 1. The smallest absolute Gasteiger partial charge is 0.253 e. The molecule has 6 heteroatoms. The van der Waals surface area contributed by atoms with Crippen LogP contribution in [-0.2, 0) is 4.74 Å². The van der Waals surface area contributed by atoms with E-state index in [0.29, 0.717) is 43.2 Å². The highest BCUT2D eigenvalue weighted by molar-refractivity contribution is 9.10. The summed E-state index contributed by atoms with van der Waals surface area (Å²) >= 11 is 9.29. The molecule has 0 bridgehead atoms. The molecule has 0 unspecified atom stereocenters. The molecule has 0 spiro atoms. The molecule has 1 aromatic carbocycles. The van der Waals surface area contributed by atoms with Gasteiger partial charge in [0, 0.05) is 49.7 Å². The number of amides is 1. The lowest BCUT2D eigenvalue weighted by molar-refractivity contribution is -0.0734. The molecule has 1 aliphatic heterocycles. The van der Waals surface area contributed by atoms with Crippen molar-refractivity contribution in [3.63, 3.8) is 0 Å². The molecule has 1 aliphatic rings. The van der Waals surface area contributed by atoms with E-state index in [2.05, 4.69) is 15.9 Å². The molecule has 0 radical (unpaired) electrons. The first kappa shape index (κ1) is 15.8. The zero-order valence-electron chi connectivity index (χ0n) is 11.2. The molecular formula is C14H17BrClNO3. The van der Waals surface area contributed by atoms with Gasteiger partial charge in [-0.2, -0.15) is 0 Å². The van der Waals surface area contributed by atoms with Crippen LogP contribution in [0.3, 0.4) is 0 Å². The first-order valence-electron chi connectivity index (χ1n) is 6.42. The van der Waals surface area contributed by atoms with Crippen molar-refractivity contribution in [3.8, 4) is 0 Å². The minimum absolute atomic E-state index is 0.153. The van der Waals surface area contributed by atoms with Crippen molar-refractivity contribution in [2.45, 2.75) is 18.4 Å². The van der Waals surface area contributed by atoms with Crippen LogP contribution in [0.2, 0.25) is 5.02 Å². The fourth-order valence-electron chi connectivity index (χ4n) is 2.27. The molecule has 1 aromatic rings. The maximum atomic E-state index is 12.3. The first-order chi connectivity index (χ1) is 9.41. The highest BCUT2D eigenvalue weighted by Crippen LogP contribution is 2.25. The average Bonchev–Trinajstić information content (AvgIpc) is 2.41. The van der Waals surface area contributed by atoms with Crippen molar-refractivity contribution in [3.05, 3.63) is 33.3 Å². The molecule has 0 saturated carbocycles. The van der Waals surface area contributed by atoms with Crippen molar-refractivity contribution >= 4 is 33.4 Å². The Hall–Kier alpha value is -0.620. The molecule has 1 amide bonds. The normalized spacial score (nSPS) is 17.8. The van der Waals surface area contributed by atoms with E-state index < -0.39 is 5.60 Å². The van der Waals surface area contributed by atoms with Gasteiger partial charge in [0.2, 0.25) is 0 Å². The van der Waals surface area contributed by atoms with Gasteiger partial charge in [-0.1, -0.05) is 11.6 Å². The lowest BCUT2D eigenvalue weighted by Gasteiger charge is -2.35. The summed E-state index contributed by atoms with van der Waals surface area (Å²) < 4.78 is 5.99. The lowest BCUT2D eigenvalue weighted by atomic mass is 9.94. The van der Waals surface area contributed by atoms with E-state index in [1.807, 2.05) is 0 Å². The first-order valence-corrected chi connectivity index (χ1v) is 7.59. The maximum Gasteiger partial charge on any atom is 0.253 e. The van der Waals surface area contributed by atoms with Gasteiger partial charge in [0.25, 0.3) is 5.91 Å². The minimum Gasteiger partial charge on any atom is -0.388 e. The van der Waals surface area contributed by atoms with Crippen LogP contribution in [0.1, 0.15) is 23.2 Å². The Morgan fingerprint density at radius 3 is 2.75 bits per heavy atom. The van der Waals surface area contributed by atoms with Gasteiger partial charge in [0.15, 0.2) is 0 Å². The molecule has 2 rings (SSSR count). The summed E-state index contributed by atoms with van der Waals surface area (Å²) in [5, 5.41) is 10.9. The van der Waals surface area contributed by atoms with Crippen LogP contribution in [0.25, 0.3) is 0 Å². The number of nitrogens with zero attached hydrogens (tertiary/aromatic N) is 1. The second-order valence-corrected chi connectivity index (χ2v) is 6.39. The number of likely N-dealkylation sites (N-methyl/N-ethyl adjacent to an activating group) is 1. The number of hydrogen-bond acceptors (Lipinski definition) is 3. The Morgan fingerprint density at radius 1 is 1.50 bits per heavy atom. The molecule has 0 aliphatic carbocycles. The summed E-state index contributed by atoms with van der Waals surface area (Å²) in [4.78, 5) is 13.9. The molecule has 1 saturated heterocycles. The third-order valence-electron chi connectivity index (χ3n) is 3.47. The van der Waals surface area contributed by atoms with Crippen LogP contribution < -0.4 is 0 Å². The van der Waals surface area contributed by atoms with Crippen LogP contribution in [0.4, 0.5) is 0 Å². The highest BCUT2D eigenvalue weighted by atomic mass is 79.9. The Kier molecular flexibility index (Phi) is 5.07. The topological polar surface area (TPSA) is 49.8 Å². The number of benzene rings is 1. The van der Waals surface area contributed by atoms with E-state index in [9.17, 15) is 9.90 Å². The van der Waals surface area contributed by atoms with Crippen molar-refractivity contribution < 1.29 is 14.6 Å². The van der Waals surface area contributed by atoms with Crippen molar-refractivity contribution in [1.29, 1.82) is 0 Å². The van der Waals surface area contributed by atoms with Gasteiger partial charge in [-0.25, -0.2) is 0 Å². The molecule has 4 nitrogen and oxygen atoms in total. The number of hydrogen-bond donors (Lipinski definition) is 1. The SMILES string of the molecule is CN(CC1(O)CCOCC1)C(=O)c1ccc(Br)c(Cl)c1. The third-order valence-corrected chi connectivity index (χ3v) is 4.70. The zero-order valence-corrected chi connectivity index (χ0v) is 13.6. The fraction of sp³-hybridized carbons (Fsp3) is 0.500. The number of carbonyl (C=O) groups is 1. The van der Waals surface area contributed by atoms with Gasteiger partial charge in [-0.15, -0.1) is 0 Å². The minimum atomic E-state index is -0.859. The van der Waals surface area contributed by atoms with Gasteiger partial charge < -0.3 is 14.7 Å². The number of rotatable bonds is 3. The maximum absolute atomic E-state index is 12.3. The summed E-state index contributed by atoms with van der Waals surface area (Å²) in [6.07, 6.45) is 1.09. The summed E-state index contributed by atoms with van der Waals surface area (Å²) in [7, 11) is 1.69. The third kappa shape index (κ3) is 3.73. The van der Waals surface area contributed by atoms with E-state index in [-0.39, 0.29) is 5.91 Å². The van der Waals surface area contributed by atoms with E-state index >= 15 is 0 Å². The van der Waals surface area contributed by atoms with Gasteiger partial charge in [-0.3, -0.25) is 4.79 Å². The molecular weight excluding hydrogens is 346 g/mol. The monoisotopic (exact) mass is 361 g/mol. The highest BCUT2D eigenvalue weighted by Gasteiger charge is 2.32. The number of halogens is 2. The largest absolute Gasteiger partial charge is 0.388 e. The zero-order chi connectivity index (χ0) is 14.8. The van der Waals surface area contributed by atoms with Gasteiger partial charge in [0.05, 0.1) is 10.6 Å². The van der Waals surface area contributed by atoms with Crippen molar-refractivity contribution in [1.82, 2.24) is 4.90 Å². The average molecular weight is 363 g/mol. The molecule has 1 heterocycles. The molecule has 0 aromatic heterocycles. The lowest BCUT2D eigenvalue weighted by Crippen LogP contribution is -2.47. The predicted octanol–water partition coefficient (Wildman–Crippen LogP) is 2.72. The van der Waals surface area contributed by atoms with E-state index in [0.717, 1.165) is 4.47 Å². The summed E-state index contributed by atoms with van der Waals surface area (Å²) in [5.41, 5.74) is -0.349. The van der Waals surface area contributed by atoms with Gasteiger partial charge in [-0.05, 0) is 34.1 Å². The summed E-state index contributed by atoms with van der Waals surface area (Å²) in [6.45, 7) is 1.36. The summed E-state index contributed by atoms with van der Waals surface area (Å²) in [5.74, 6) is -0.153. The second kappa shape index (κ2) is 6.43. The Bertz CT molecular complexity index is 503. The second-order valence-electron chi connectivity index (χ2n) is 5.13. The van der Waals surface area contributed by atoms with Crippen molar-refractivity contribution in [2.75, 3.05) is 26.8 Å². The quantitative estimate of drug-likeness (QED) is 0.899. The molecule has 1 fully saturated rings. The van der Waals surface area contributed by atoms with Crippen LogP contribution in [-0.4, -0.2) is 48.3 Å². The Morgan fingerprint density at radius 2 is 2.15 bits per heavy atom. The Labute approximate surface area is 131 Å². The van der Waals surface area contributed by atoms with Crippen molar-refractivity contribution in [2.24, 2.45) is 0 Å². The van der Waals surface area contributed by atoms with E-state index in [4.69, 9.17) is 16.3 Å². The van der Waals surface area contributed by atoms with E-state index in [1.165, 1.54) is 4.90 Å². The molecule has 20 heavy (non-hydrogen) atoms. The number of aliphatic hydroxyl groups is 1. The van der Waals surface area contributed by atoms with Crippen LogP contribution >= 0.6 is 27.5 Å².